The second-order valence-electron chi connectivity index (χ2n) is 15.3. The maximum Gasteiger partial charge on any atom is 0.0889 e. The van der Waals surface area contributed by atoms with E-state index in [1.54, 1.807) is 0 Å². The summed E-state index contributed by atoms with van der Waals surface area (Å²) < 4.78 is 0. The number of aromatic nitrogens is 4. The highest BCUT2D eigenvalue weighted by molar-refractivity contribution is 5.60. The molecule has 4 nitrogen and oxygen atoms in total. The van der Waals surface area contributed by atoms with E-state index in [2.05, 4.69) is 111 Å². The summed E-state index contributed by atoms with van der Waals surface area (Å²) in [7, 11) is 0. The van der Waals surface area contributed by atoms with E-state index in [0.717, 1.165) is 29.2 Å². The average molecular weight is 589 g/mol. The van der Waals surface area contributed by atoms with Crippen molar-refractivity contribution in [3.63, 3.8) is 0 Å². The van der Waals surface area contributed by atoms with Gasteiger partial charge in [-0.3, -0.25) is 19.9 Å². The van der Waals surface area contributed by atoms with E-state index < -0.39 is 0 Å². The lowest BCUT2D eigenvalue weighted by Gasteiger charge is -2.61. The minimum atomic E-state index is 0.268. The third-order valence-electron chi connectivity index (χ3n) is 12.6. The highest BCUT2D eigenvalue weighted by Crippen LogP contribution is 2.69. The van der Waals surface area contributed by atoms with Gasteiger partial charge in [0.15, 0.2) is 0 Å². The lowest BCUT2D eigenvalue weighted by molar-refractivity contribution is -0.00587. The van der Waals surface area contributed by atoms with Crippen molar-refractivity contribution in [1.82, 2.24) is 19.9 Å². The Labute approximate surface area is 266 Å². The van der Waals surface area contributed by atoms with E-state index in [9.17, 15) is 0 Å². The third kappa shape index (κ3) is 3.97. The summed E-state index contributed by atoms with van der Waals surface area (Å²) in [6.45, 7) is 9.90. The topological polar surface area (TPSA) is 51.6 Å². The van der Waals surface area contributed by atoms with Gasteiger partial charge in [0, 0.05) is 30.7 Å². The van der Waals surface area contributed by atoms with Crippen LogP contribution < -0.4 is 0 Å². The van der Waals surface area contributed by atoms with Gasteiger partial charge in [-0.1, -0.05) is 64.1 Å². The van der Waals surface area contributed by atoms with Crippen molar-refractivity contribution in [3.8, 4) is 22.8 Å². The van der Waals surface area contributed by atoms with Crippen molar-refractivity contribution in [3.05, 3.63) is 131 Å². The van der Waals surface area contributed by atoms with E-state index in [4.69, 9.17) is 9.97 Å². The molecule has 4 heteroatoms. The van der Waals surface area contributed by atoms with E-state index in [-0.39, 0.29) is 5.41 Å². The molecule has 45 heavy (non-hydrogen) atoms. The number of rotatable bonds is 5. The van der Waals surface area contributed by atoms with Crippen molar-refractivity contribution in [2.75, 3.05) is 0 Å². The van der Waals surface area contributed by atoms with E-state index >= 15 is 0 Å². The van der Waals surface area contributed by atoms with E-state index in [0.29, 0.717) is 40.9 Å². The van der Waals surface area contributed by atoms with Crippen LogP contribution in [0.2, 0.25) is 0 Å². The van der Waals surface area contributed by atoms with Gasteiger partial charge in [-0.25, -0.2) is 0 Å². The Morgan fingerprint density at radius 3 is 1.78 bits per heavy atom. The molecule has 0 unspecified atom stereocenters. The third-order valence-corrected chi connectivity index (χ3v) is 12.6. The van der Waals surface area contributed by atoms with Crippen LogP contribution in [0.5, 0.6) is 0 Å². The maximum atomic E-state index is 4.93. The lowest BCUT2D eigenvalue weighted by Crippen LogP contribution is -2.51. The smallest absolute Gasteiger partial charge is 0.0889 e. The molecule has 0 N–H and O–H groups in total. The van der Waals surface area contributed by atoms with Crippen molar-refractivity contribution in [2.24, 2.45) is 22.7 Å². The summed E-state index contributed by atoms with van der Waals surface area (Å²) in [5, 5.41) is 0. The minimum Gasteiger partial charge on any atom is -0.255 e. The number of pyridine rings is 4. The molecule has 4 aromatic heterocycles. The number of nitrogens with zero attached hydrogens (tertiary/aromatic N) is 4. The molecule has 6 aliphatic carbocycles. The van der Waals surface area contributed by atoms with Gasteiger partial charge in [0.2, 0.25) is 0 Å². The van der Waals surface area contributed by atoms with Crippen molar-refractivity contribution in [2.45, 2.75) is 70.6 Å². The van der Waals surface area contributed by atoms with Crippen LogP contribution in [-0.4, -0.2) is 19.9 Å². The van der Waals surface area contributed by atoms with Gasteiger partial charge in [-0.05, 0) is 129 Å². The molecule has 6 atom stereocenters. The lowest BCUT2D eigenvalue weighted by atomic mass is 9.43. The van der Waals surface area contributed by atoms with Gasteiger partial charge in [0.25, 0.3) is 0 Å². The summed E-state index contributed by atoms with van der Waals surface area (Å²) in [4.78, 5) is 19.1. The fourth-order valence-electron chi connectivity index (χ4n) is 9.93. The van der Waals surface area contributed by atoms with Gasteiger partial charge in [-0.15, -0.1) is 0 Å². The van der Waals surface area contributed by atoms with Crippen molar-refractivity contribution < 1.29 is 0 Å². The zero-order valence-corrected chi connectivity index (χ0v) is 26.6. The second-order valence-corrected chi connectivity index (χ2v) is 15.3. The monoisotopic (exact) mass is 588 g/mol. The molecule has 11 rings (SSSR count). The summed E-state index contributed by atoms with van der Waals surface area (Å²) in [5.74, 6) is 3.32. The summed E-state index contributed by atoms with van der Waals surface area (Å²) in [6.07, 6.45) is 11.6. The molecule has 0 aliphatic heterocycles. The first kappa shape index (κ1) is 27.2. The number of hydrogen-bond acceptors (Lipinski definition) is 4. The average Bonchev–Trinajstić information content (AvgIpc) is 3.07. The molecule has 1 aromatic carbocycles. The number of benzene rings is 1. The van der Waals surface area contributed by atoms with E-state index in [1.807, 2.05) is 24.5 Å². The van der Waals surface area contributed by atoms with Crippen LogP contribution in [0.4, 0.5) is 0 Å². The van der Waals surface area contributed by atoms with Crippen molar-refractivity contribution >= 4 is 0 Å². The first-order valence-electron chi connectivity index (χ1n) is 16.7. The van der Waals surface area contributed by atoms with Crippen LogP contribution in [0.15, 0.2) is 97.6 Å². The van der Waals surface area contributed by atoms with Crippen molar-refractivity contribution in [1.29, 1.82) is 0 Å². The minimum absolute atomic E-state index is 0.268. The van der Waals surface area contributed by atoms with Crippen LogP contribution in [0.3, 0.4) is 0 Å². The Kier molecular flexibility index (Phi) is 5.83. The molecule has 224 valence electrons. The van der Waals surface area contributed by atoms with Crippen LogP contribution in [0.1, 0.15) is 97.6 Å². The molecule has 0 radical (unpaired) electrons. The Bertz CT molecular complexity index is 1930. The molecular weight excluding hydrogens is 548 g/mol. The molecule has 2 saturated carbocycles. The highest BCUT2D eigenvalue weighted by atomic mass is 14.8. The fraction of sp³-hybridized carbons (Fsp3) is 0.366. The van der Waals surface area contributed by atoms with Gasteiger partial charge >= 0.3 is 0 Å². The predicted octanol–water partition coefficient (Wildman–Crippen LogP) is 9.35. The van der Waals surface area contributed by atoms with Crippen LogP contribution >= 0.6 is 0 Å². The molecule has 4 heterocycles. The number of hydrogen-bond donors (Lipinski definition) is 0. The maximum absolute atomic E-state index is 4.93. The highest BCUT2D eigenvalue weighted by Gasteiger charge is 2.58. The Hall–Kier alpha value is -4.18. The standard InChI is InChI=1S/C41H40N4/c1-40(2)31-20-32(40)29-22-44-37(35-12-5-7-14-42-35)18-26(29)27(31)17-24-10-9-11-25(16-24)39-28-19-38(36-13-6-8-15-43-36)45-23-30(28)33-21-34(39)41(33,3)4/h5-16,18-19,22-23,27,31-34,39H,17,20-21H2,1-4H3/t27-,31-,32+,33+,34-,39-/m1/s1. The van der Waals surface area contributed by atoms with Gasteiger partial charge in [0.1, 0.15) is 0 Å². The van der Waals surface area contributed by atoms with Crippen LogP contribution in [-0.2, 0) is 6.42 Å². The Balaban J connectivity index is 1.10. The molecule has 4 bridgehead atoms. The zero-order chi connectivity index (χ0) is 30.5. The zero-order valence-electron chi connectivity index (χ0n) is 26.6. The summed E-state index contributed by atoms with van der Waals surface area (Å²) in [5.41, 5.74) is 13.2. The molecule has 2 fully saturated rings. The van der Waals surface area contributed by atoms with E-state index in [1.165, 1.54) is 46.2 Å². The van der Waals surface area contributed by atoms with Gasteiger partial charge < -0.3 is 0 Å². The van der Waals surface area contributed by atoms with Gasteiger partial charge in [-0.2, -0.15) is 0 Å². The van der Waals surface area contributed by atoms with Crippen LogP contribution in [0, 0.1) is 22.7 Å². The molecule has 5 aromatic rings. The first-order valence-corrected chi connectivity index (χ1v) is 16.7. The molecule has 6 aliphatic rings. The largest absolute Gasteiger partial charge is 0.255 e. The molecule has 0 spiro atoms. The molecule has 0 amide bonds. The molecular formula is C41H40N4. The SMILES string of the molecule is CC1(C)[C@@H]2C[C@H]1c1cnc(-c3ccccn3)cc1[C@H]2c1cccc(C[C@@H]2c3cc(-c4ccccn4)ncc3[C@@H]3C[C@H]2C3(C)C)c1. The van der Waals surface area contributed by atoms with Crippen LogP contribution in [0.25, 0.3) is 22.8 Å². The molecule has 0 saturated heterocycles. The summed E-state index contributed by atoms with van der Waals surface area (Å²) in [6, 6.07) is 26.5. The fourth-order valence-corrected chi connectivity index (χ4v) is 9.93. The quantitative estimate of drug-likeness (QED) is 0.205. The first-order chi connectivity index (χ1) is 21.8. The predicted molar refractivity (Wildman–Crippen MR) is 179 cm³/mol. The van der Waals surface area contributed by atoms with Gasteiger partial charge in [0.05, 0.1) is 22.8 Å². The summed E-state index contributed by atoms with van der Waals surface area (Å²) >= 11 is 0. The normalized spacial score (nSPS) is 27.8. The Morgan fingerprint density at radius 2 is 1.18 bits per heavy atom. The second kappa shape index (κ2) is 9.66. The Morgan fingerprint density at radius 1 is 0.578 bits per heavy atom.